The average molecular weight is 327 g/mol. The molecule has 0 heterocycles. The van der Waals surface area contributed by atoms with Crippen LogP contribution < -0.4 is 4.74 Å². The van der Waals surface area contributed by atoms with Crippen LogP contribution in [0.15, 0.2) is 42.5 Å². The van der Waals surface area contributed by atoms with Crippen molar-refractivity contribution < 1.29 is 14.6 Å². The van der Waals surface area contributed by atoms with Gasteiger partial charge in [-0.3, -0.25) is 4.79 Å². The molecule has 128 valence electrons. The largest absolute Gasteiger partial charge is 0.497 e. The van der Waals surface area contributed by atoms with Crippen molar-refractivity contribution in [3.8, 4) is 5.75 Å². The molecule has 0 spiro atoms. The molecule has 1 N–H and O–H groups in total. The molecule has 4 nitrogen and oxygen atoms in total. The molecule has 0 aliphatic rings. The SMILES string of the molecule is CCN(CC)C(=O)c1ccc(OC)cc1C(O)c1cccc(C)c1. The standard InChI is InChI=1S/C20H25NO3/c1-5-21(6-2)20(23)17-11-10-16(24-4)13-18(17)19(22)15-9-7-8-14(3)12-15/h7-13,19,22H,5-6H2,1-4H3. The minimum atomic E-state index is -0.880. The summed E-state index contributed by atoms with van der Waals surface area (Å²) >= 11 is 0. The van der Waals surface area contributed by atoms with Crippen molar-refractivity contribution in [3.05, 3.63) is 64.7 Å². The number of amides is 1. The highest BCUT2D eigenvalue weighted by Gasteiger charge is 2.22. The molecule has 0 saturated carbocycles. The van der Waals surface area contributed by atoms with Crippen LogP contribution in [0, 0.1) is 6.92 Å². The predicted octanol–water partition coefficient (Wildman–Crippen LogP) is 3.57. The Morgan fingerprint density at radius 1 is 1.17 bits per heavy atom. The summed E-state index contributed by atoms with van der Waals surface area (Å²) in [6, 6.07) is 12.9. The Morgan fingerprint density at radius 3 is 2.46 bits per heavy atom. The second-order valence-electron chi connectivity index (χ2n) is 5.75. The van der Waals surface area contributed by atoms with Gasteiger partial charge in [-0.05, 0) is 44.5 Å². The third-order valence-electron chi connectivity index (χ3n) is 4.19. The minimum absolute atomic E-state index is 0.0793. The number of rotatable bonds is 6. The van der Waals surface area contributed by atoms with Crippen molar-refractivity contribution >= 4 is 5.91 Å². The molecule has 4 heteroatoms. The smallest absolute Gasteiger partial charge is 0.254 e. The molecule has 0 bridgehead atoms. The first-order valence-electron chi connectivity index (χ1n) is 8.23. The van der Waals surface area contributed by atoms with Gasteiger partial charge in [0.15, 0.2) is 0 Å². The van der Waals surface area contributed by atoms with Crippen molar-refractivity contribution in [1.82, 2.24) is 4.90 Å². The molecule has 2 rings (SSSR count). The van der Waals surface area contributed by atoms with Gasteiger partial charge in [0.1, 0.15) is 11.9 Å². The van der Waals surface area contributed by atoms with Gasteiger partial charge in [0.25, 0.3) is 5.91 Å². The van der Waals surface area contributed by atoms with E-state index >= 15 is 0 Å². The summed E-state index contributed by atoms with van der Waals surface area (Å²) in [6.45, 7) is 7.12. The van der Waals surface area contributed by atoms with Crippen LogP contribution in [0.5, 0.6) is 5.75 Å². The number of carbonyl (C=O) groups excluding carboxylic acids is 1. The maximum atomic E-state index is 12.8. The summed E-state index contributed by atoms with van der Waals surface area (Å²) in [7, 11) is 1.57. The van der Waals surface area contributed by atoms with E-state index in [9.17, 15) is 9.90 Å². The van der Waals surface area contributed by atoms with Gasteiger partial charge in [0.05, 0.1) is 7.11 Å². The maximum Gasteiger partial charge on any atom is 0.254 e. The number of aliphatic hydroxyl groups is 1. The fourth-order valence-corrected chi connectivity index (χ4v) is 2.79. The topological polar surface area (TPSA) is 49.8 Å². The van der Waals surface area contributed by atoms with E-state index in [2.05, 4.69) is 0 Å². The molecule has 0 saturated heterocycles. The first kappa shape index (κ1) is 18.0. The zero-order chi connectivity index (χ0) is 17.7. The predicted molar refractivity (Wildman–Crippen MR) is 95.5 cm³/mol. The number of aliphatic hydroxyl groups excluding tert-OH is 1. The van der Waals surface area contributed by atoms with Crippen molar-refractivity contribution in [2.45, 2.75) is 26.9 Å². The number of benzene rings is 2. The molecule has 2 aromatic carbocycles. The van der Waals surface area contributed by atoms with E-state index in [0.29, 0.717) is 30.0 Å². The van der Waals surface area contributed by atoms with E-state index in [0.717, 1.165) is 11.1 Å². The van der Waals surface area contributed by atoms with Gasteiger partial charge in [0.2, 0.25) is 0 Å². The molecule has 0 aliphatic carbocycles. The zero-order valence-corrected chi connectivity index (χ0v) is 14.7. The van der Waals surface area contributed by atoms with Crippen molar-refractivity contribution in [2.24, 2.45) is 0 Å². The quantitative estimate of drug-likeness (QED) is 0.882. The minimum Gasteiger partial charge on any atom is -0.497 e. The number of hydrogen-bond acceptors (Lipinski definition) is 3. The third kappa shape index (κ3) is 3.77. The molecule has 1 amide bonds. The van der Waals surface area contributed by atoms with E-state index in [1.54, 1.807) is 30.2 Å². The van der Waals surface area contributed by atoms with Crippen LogP contribution in [-0.4, -0.2) is 36.1 Å². The Labute approximate surface area is 143 Å². The number of hydrogen-bond donors (Lipinski definition) is 1. The number of aryl methyl sites for hydroxylation is 1. The number of methoxy groups -OCH3 is 1. The molecule has 1 unspecified atom stereocenters. The summed E-state index contributed by atoms with van der Waals surface area (Å²) in [6.07, 6.45) is -0.880. The number of nitrogens with zero attached hydrogens (tertiary/aromatic N) is 1. The van der Waals surface area contributed by atoms with Crippen molar-refractivity contribution in [1.29, 1.82) is 0 Å². The Balaban J connectivity index is 2.51. The highest BCUT2D eigenvalue weighted by atomic mass is 16.5. The van der Waals surface area contributed by atoms with Crippen LogP contribution in [-0.2, 0) is 0 Å². The molecular weight excluding hydrogens is 302 g/mol. The Hall–Kier alpha value is -2.33. The van der Waals surface area contributed by atoms with E-state index in [4.69, 9.17) is 4.74 Å². The second-order valence-corrected chi connectivity index (χ2v) is 5.75. The maximum absolute atomic E-state index is 12.8. The highest BCUT2D eigenvalue weighted by molar-refractivity contribution is 5.96. The molecule has 0 aliphatic heterocycles. The lowest BCUT2D eigenvalue weighted by atomic mass is 9.95. The molecule has 2 aromatic rings. The van der Waals surface area contributed by atoms with Crippen LogP contribution in [0.25, 0.3) is 0 Å². The van der Waals surface area contributed by atoms with Crippen molar-refractivity contribution in [2.75, 3.05) is 20.2 Å². The van der Waals surface area contributed by atoms with Crippen LogP contribution >= 0.6 is 0 Å². The number of ether oxygens (including phenoxy) is 1. The second kappa shape index (κ2) is 7.97. The van der Waals surface area contributed by atoms with Gasteiger partial charge in [-0.1, -0.05) is 29.8 Å². The van der Waals surface area contributed by atoms with E-state index in [-0.39, 0.29) is 5.91 Å². The van der Waals surface area contributed by atoms with Gasteiger partial charge < -0.3 is 14.7 Å². The summed E-state index contributed by atoms with van der Waals surface area (Å²) < 4.78 is 5.28. The lowest BCUT2D eigenvalue weighted by Gasteiger charge is -2.23. The normalized spacial score (nSPS) is 11.9. The summed E-state index contributed by atoms with van der Waals surface area (Å²) in [4.78, 5) is 14.5. The van der Waals surface area contributed by atoms with Gasteiger partial charge in [-0.25, -0.2) is 0 Å². The number of carbonyl (C=O) groups is 1. The van der Waals surface area contributed by atoms with Crippen LogP contribution in [0.1, 0.15) is 47.0 Å². The fraction of sp³-hybridized carbons (Fsp3) is 0.350. The van der Waals surface area contributed by atoms with E-state index in [1.807, 2.05) is 45.0 Å². The first-order chi connectivity index (χ1) is 11.5. The van der Waals surface area contributed by atoms with Crippen LogP contribution in [0.4, 0.5) is 0 Å². The van der Waals surface area contributed by atoms with Crippen LogP contribution in [0.2, 0.25) is 0 Å². The van der Waals surface area contributed by atoms with E-state index in [1.165, 1.54) is 0 Å². The lowest BCUT2D eigenvalue weighted by Crippen LogP contribution is -2.31. The zero-order valence-electron chi connectivity index (χ0n) is 14.7. The molecule has 0 aromatic heterocycles. The summed E-state index contributed by atoms with van der Waals surface area (Å²) in [5.41, 5.74) is 2.90. The summed E-state index contributed by atoms with van der Waals surface area (Å²) in [5, 5.41) is 10.9. The summed E-state index contributed by atoms with van der Waals surface area (Å²) in [5.74, 6) is 0.539. The monoisotopic (exact) mass is 327 g/mol. The molecule has 24 heavy (non-hydrogen) atoms. The Kier molecular flexibility index (Phi) is 5.99. The molecule has 1 atom stereocenters. The van der Waals surface area contributed by atoms with Gasteiger partial charge >= 0.3 is 0 Å². The first-order valence-corrected chi connectivity index (χ1v) is 8.23. The lowest BCUT2D eigenvalue weighted by molar-refractivity contribution is 0.0767. The van der Waals surface area contributed by atoms with Crippen molar-refractivity contribution in [3.63, 3.8) is 0 Å². The average Bonchev–Trinajstić information content (AvgIpc) is 2.61. The molecule has 0 radical (unpaired) electrons. The van der Waals surface area contributed by atoms with Gasteiger partial charge in [-0.2, -0.15) is 0 Å². The van der Waals surface area contributed by atoms with Crippen LogP contribution in [0.3, 0.4) is 0 Å². The van der Waals surface area contributed by atoms with Gasteiger partial charge in [-0.15, -0.1) is 0 Å². The highest BCUT2D eigenvalue weighted by Crippen LogP contribution is 2.29. The third-order valence-corrected chi connectivity index (χ3v) is 4.19. The Bertz CT molecular complexity index is 708. The van der Waals surface area contributed by atoms with Gasteiger partial charge in [0, 0.05) is 24.2 Å². The molecule has 0 fully saturated rings. The Morgan fingerprint density at radius 2 is 1.88 bits per heavy atom. The fourth-order valence-electron chi connectivity index (χ4n) is 2.79. The van der Waals surface area contributed by atoms with E-state index < -0.39 is 6.10 Å². The molecular formula is C20H25NO3.